The molecule has 0 aromatic heterocycles. The average Bonchev–Trinajstić information content (AvgIpc) is 3.15. The molecule has 2 bridgehead atoms. The Morgan fingerprint density at radius 3 is 2.79 bits per heavy atom. The summed E-state index contributed by atoms with van der Waals surface area (Å²) < 4.78 is 0. The minimum absolute atomic E-state index is 0.0180. The number of carboxylic acids is 1. The number of piperazine rings is 1. The second-order valence-corrected chi connectivity index (χ2v) is 10.2. The van der Waals surface area contributed by atoms with E-state index in [0.717, 1.165) is 43.2 Å². The van der Waals surface area contributed by atoms with Crippen molar-refractivity contribution in [2.24, 2.45) is 11.7 Å². The smallest absolute Gasteiger partial charge is 0.335 e. The lowest BCUT2D eigenvalue weighted by molar-refractivity contribution is -0.141. The molecular weight excluding hydrogens is 422 g/mol. The fourth-order valence-corrected chi connectivity index (χ4v) is 6.73. The molecule has 172 valence electrons. The molecule has 0 spiro atoms. The largest absolute Gasteiger partial charge is 0.478 e. The van der Waals surface area contributed by atoms with E-state index in [1.165, 1.54) is 0 Å². The predicted molar refractivity (Wildman–Crippen MR) is 116 cm³/mol. The first-order valence-electron chi connectivity index (χ1n) is 11.8. The first-order chi connectivity index (χ1) is 15.9. The number of rotatable bonds is 5. The Balaban J connectivity index is 1.13. The molecule has 33 heavy (non-hydrogen) atoms. The van der Waals surface area contributed by atoms with Crippen molar-refractivity contribution >= 4 is 17.8 Å². The Hall–Kier alpha value is -2.96. The van der Waals surface area contributed by atoms with Gasteiger partial charge in [0.05, 0.1) is 29.8 Å². The van der Waals surface area contributed by atoms with E-state index in [1.54, 1.807) is 17.0 Å². The van der Waals surface area contributed by atoms with Gasteiger partial charge in [-0.15, -0.1) is 0 Å². The number of amides is 2. The van der Waals surface area contributed by atoms with E-state index in [4.69, 9.17) is 5.73 Å². The van der Waals surface area contributed by atoms with Crippen LogP contribution in [0.1, 0.15) is 53.2 Å². The van der Waals surface area contributed by atoms with E-state index < -0.39 is 12.0 Å². The van der Waals surface area contributed by atoms with E-state index in [9.17, 15) is 24.8 Å². The summed E-state index contributed by atoms with van der Waals surface area (Å²) in [7, 11) is 0. The van der Waals surface area contributed by atoms with E-state index in [-0.39, 0.29) is 47.6 Å². The van der Waals surface area contributed by atoms with Gasteiger partial charge in [-0.3, -0.25) is 14.5 Å². The summed E-state index contributed by atoms with van der Waals surface area (Å²) >= 11 is 0. The molecule has 5 aliphatic rings. The third-order valence-corrected chi connectivity index (χ3v) is 8.34. The highest BCUT2D eigenvalue weighted by atomic mass is 16.4. The van der Waals surface area contributed by atoms with Crippen LogP contribution in [0.15, 0.2) is 18.2 Å². The summed E-state index contributed by atoms with van der Waals surface area (Å²) in [5.74, 6) is -0.585. The Morgan fingerprint density at radius 1 is 1.24 bits per heavy atom. The molecule has 9 heteroatoms. The zero-order valence-electron chi connectivity index (χ0n) is 18.3. The summed E-state index contributed by atoms with van der Waals surface area (Å²) in [6.07, 6.45) is 4.02. The first kappa shape index (κ1) is 20.6. The first-order valence-corrected chi connectivity index (χ1v) is 11.8. The van der Waals surface area contributed by atoms with Crippen LogP contribution in [0.5, 0.6) is 0 Å². The van der Waals surface area contributed by atoms with Crippen LogP contribution >= 0.6 is 0 Å². The molecule has 0 radical (unpaired) electrons. The summed E-state index contributed by atoms with van der Waals surface area (Å²) in [5, 5.41) is 18.6. The molecule has 3 saturated heterocycles. The number of nitrogens with two attached hydrogens (primary N) is 1. The second-order valence-electron chi connectivity index (χ2n) is 10.2. The summed E-state index contributed by atoms with van der Waals surface area (Å²) in [6.45, 7) is 1.01. The standard InChI is InChI=1S/C24H27N5O4/c25-9-15-6-14-7-20(14)28(15)22(30)18(26)11-27-10-16-8-21(27)23(31)29(16)19-4-2-12-5-13(24(32)33)1-3-17(12)19/h1,3,5,14-16,18-21H,2,4,6-8,10-11,26H2,(H,32,33)/t14-,15+,16+,18+,19-,20?,21+/m1/s1. The Morgan fingerprint density at radius 2 is 2.06 bits per heavy atom. The normalized spacial score (nSPS) is 34.8. The van der Waals surface area contributed by atoms with Crippen LogP contribution in [0.2, 0.25) is 0 Å². The number of nitrogens with zero attached hydrogens (tertiary/aromatic N) is 4. The van der Waals surface area contributed by atoms with Gasteiger partial charge in [-0.05, 0) is 61.3 Å². The molecule has 1 aromatic rings. The van der Waals surface area contributed by atoms with Gasteiger partial charge in [0.2, 0.25) is 11.8 Å². The molecule has 4 fully saturated rings. The lowest BCUT2D eigenvalue weighted by Gasteiger charge is -2.38. The van der Waals surface area contributed by atoms with Gasteiger partial charge in [0.25, 0.3) is 0 Å². The van der Waals surface area contributed by atoms with Crippen LogP contribution in [-0.2, 0) is 16.0 Å². The summed E-state index contributed by atoms with van der Waals surface area (Å²) in [4.78, 5) is 43.3. The van der Waals surface area contributed by atoms with Gasteiger partial charge in [-0.2, -0.15) is 5.26 Å². The fourth-order valence-electron chi connectivity index (χ4n) is 6.73. The third kappa shape index (κ3) is 3.08. The molecule has 1 unspecified atom stereocenters. The molecule has 1 aromatic carbocycles. The Kier molecular flexibility index (Phi) is 4.55. The van der Waals surface area contributed by atoms with Gasteiger partial charge in [-0.25, -0.2) is 4.79 Å². The number of hydrogen-bond acceptors (Lipinski definition) is 6. The molecule has 3 heterocycles. The summed E-state index contributed by atoms with van der Waals surface area (Å²) in [5.41, 5.74) is 8.64. The number of carbonyl (C=O) groups is 3. The van der Waals surface area contributed by atoms with Crippen molar-refractivity contribution in [3.05, 3.63) is 34.9 Å². The fraction of sp³-hybridized carbons (Fsp3) is 0.583. The van der Waals surface area contributed by atoms with Gasteiger partial charge in [0.15, 0.2) is 0 Å². The topological polar surface area (TPSA) is 131 Å². The zero-order chi connectivity index (χ0) is 23.0. The Labute approximate surface area is 191 Å². The SMILES string of the molecule is N#C[C@@H]1C[C@@H]2CC2N1C(=O)[C@@H](N)CN1C[C@@H]2C[C@H]1C(=O)N2[C@@H]1CCc2cc(C(=O)O)ccc21. The van der Waals surface area contributed by atoms with Gasteiger partial charge >= 0.3 is 5.97 Å². The number of carboxylic acid groups (broad SMARTS) is 1. The van der Waals surface area contributed by atoms with Gasteiger partial charge in [0, 0.05) is 25.2 Å². The zero-order valence-corrected chi connectivity index (χ0v) is 18.3. The quantitative estimate of drug-likeness (QED) is 0.669. The number of nitriles is 1. The lowest BCUT2D eigenvalue weighted by atomic mass is 10.0. The maximum Gasteiger partial charge on any atom is 0.335 e. The van der Waals surface area contributed by atoms with Gasteiger partial charge in [-0.1, -0.05) is 6.07 Å². The molecule has 1 saturated carbocycles. The monoisotopic (exact) mass is 449 g/mol. The average molecular weight is 450 g/mol. The van der Waals surface area contributed by atoms with E-state index in [1.807, 2.05) is 15.9 Å². The van der Waals surface area contributed by atoms with Crippen molar-refractivity contribution in [1.82, 2.24) is 14.7 Å². The van der Waals surface area contributed by atoms with Crippen LogP contribution in [-0.4, -0.2) is 80.9 Å². The van der Waals surface area contributed by atoms with Crippen molar-refractivity contribution < 1.29 is 19.5 Å². The van der Waals surface area contributed by atoms with Crippen molar-refractivity contribution in [3.8, 4) is 6.07 Å². The molecule has 7 atom stereocenters. The lowest BCUT2D eigenvalue weighted by Crippen LogP contribution is -2.57. The van der Waals surface area contributed by atoms with Gasteiger partial charge in [0.1, 0.15) is 6.04 Å². The highest BCUT2D eigenvalue weighted by molar-refractivity contribution is 5.89. The van der Waals surface area contributed by atoms with E-state index in [0.29, 0.717) is 19.0 Å². The Bertz CT molecular complexity index is 1100. The summed E-state index contributed by atoms with van der Waals surface area (Å²) in [6, 6.07) is 6.29. The number of aromatic carboxylic acids is 1. The van der Waals surface area contributed by atoms with E-state index >= 15 is 0 Å². The van der Waals surface area contributed by atoms with Crippen molar-refractivity contribution in [3.63, 3.8) is 0 Å². The van der Waals surface area contributed by atoms with Crippen LogP contribution in [0, 0.1) is 17.2 Å². The minimum atomic E-state index is -0.939. The third-order valence-electron chi connectivity index (χ3n) is 8.34. The molecule has 3 aliphatic heterocycles. The van der Waals surface area contributed by atoms with Crippen LogP contribution in [0.25, 0.3) is 0 Å². The highest BCUT2D eigenvalue weighted by Gasteiger charge is 2.56. The predicted octanol–water partition coefficient (Wildman–Crippen LogP) is 0.497. The molecule has 3 N–H and O–H groups in total. The molecule has 2 aliphatic carbocycles. The molecule has 6 rings (SSSR count). The maximum atomic E-state index is 13.3. The molecule has 2 amide bonds. The number of fused-ring (bicyclic) bond motifs is 4. The van der Waals surface area contributed by atoms with Crippen LogP contribution in [0.3, 0.4) is 0 Å². The number of likely N-dealkylation sites (tertiary alicyclic amines) is 3. The number of aryl methyl sites for hydroxylation is 1. The van der Waals surface area contributed by atoms with Crippen molar-refractivity contribution in [2.75, 3.05) is 13.1 Å². The minimum Gasteiger partial charge on any atom is -0.478 e. The van der Waals surface area contributed by atoms with Crippen molar-refractivity contribution in [1.29, 1.82) is 5.26 Å². The van der Waals surface area contributed by atoms with Crippen LogP contribution < -0.4 is 5.73 Å². The number of carbonyl (C=O) groups excluding carboxylic acids is 2. The molecular formula is C24H27N5O4. The van der Waals surface area contributed by atoms with Gasteiger partial charge < -0.3 is 20.6 Å². The molecule has 9 nitrogen and oxygen atoms in total. The number of hydrogen-bond donors (Lipinski definition) is 2. The van der Waals surface area contributed by atoms with Crippen molar-refractivity contribution in [2.45, 2.75) is 68.4 Å². The second kappa shape index (κ2) is 7.27. The van der Waals surface area contributed by atoms with E-state index in [2.05, 4.69) is 6.07 Å². The van der Waals surface area contributed by atoms with Crippen LogP contribution in [0.4, 0.5) is 0 Å². The maximum absolute atomic E-state index is 13.3. The highest BCUT2D eigenvalue weighted by Crippen LogP contribution is 2.48. The number of piperidine rings is 1. The number of benzene rings is 1.